The van der Waals surface area contributed by atoms with Crippen LogP contribution in [0.1, 0.15) is 25.0 Å². The van der Waals surface area contributed by atoms with Gasteiger partial charge in [-0.25, -0.2) is 0 Å². The Morgan fingerprint density at radius 3 is 1.57 bits per heavy atom. The van der Waals surface area contributed by atoms with E-state index in [0.29, 0.717) is 17.1 Å². The molecule has 0 atom stereocenters. The number of alkyl halides is 3. The Labute approximate surface area is 283 Å². The number of rotatable bonds is 8. The third kappa shape index (κ3) is 5.80. The van der Waals surface area contributed by atoms with E-state index in [2.05, 4.69) is 38.1 Å². The van der Waals surface area contributed by atoms with E-state index in [9.17, 15) is 21.6 Å². The van der Waals surface area contributed by atoms with Gasteiger partial charge in [0, 0.05) is 33.9 Å². The van der Waals surface area contributed by atoms with Crippen LogP contribution in [0.5, 0.6) is 5.75 Å². The van der Waals surface area contributed by atoms with Crippen molar-refractivity contribution in [1.29, 1.82) is 0 Å². The highest BCUT2D eigenvalue weighted by Gasteiger charge is 2.49. The van der Waals surface area contributed by atoms with Gasteiger partial charge in [-0.05, 0) is 89.0 Å². The third-order valence-corrected chi connectivity index (χ3v) is 9.76. The smallest absolute Gasteiger partial charge is 0.374 e. The van der Waals surface area contributed by atoms with Crippen molar-refractivity contribution in [2.24, 2.45) is 0 Å². The standard InChI is InChI=1S/C40H31F3N2O3S/c1-39(2)35-21-13-12-20-33(35)34-26-31(22-24-36(34)39)44(28-14-6-3-7-15-28)32-23-25-38(48-49(46,47)40(41,42)43)37(27-32)45(29-16-8-4-9-17-29)30-18-10-5-11-19-30/h3-27H,1-2H3. The second kappa shape index (κ2) is 12.2. The first-order valence-electron chi connectivity index (χ1n) is 15.6. The van der Waals surface area contributed by atoms with Crippen LogP contribution in [0.3, 0.4) is 0 Å². The number of fused-ring (bicyclic) bond motifs is 3. The van der Waals surface area contributed by atoms with Crippen molar-refractivity contribution in [3.63, 3.8) is 0 Å². The summed E-state index contributed by atoms with van der Waals surface area (Å²) in [5.41, 5.74) is 2.25. The Hall–Kier alpha value is -5.54. The molecule has 0 unspecified atom stereocenters. The van der Waals surface area contributed by atoms with E-state index < -0.39 is 21.4 Å². The maximum absolute atomic E-state index is 13.7. The zero-order chi connectivity index (χ0) is 34.4. The Bertz CT molecular complexity index is 2200. The minimum Gasteiger partial charge on any atom is -0.374 e. The molecule has 1 aliphatic rings. The fraction of sp³-hybridized carbons (Fsp3) is 0.100. The van der Waals surface area contributed by atoms with E-state index in [1.807, 2.05) is 65.6 Å². The Morgan fingerprint density at radius 2 is 1.00 bits per heavy atom. The van der Waals surface area contributed by atoms with Gasteiger partial charge in [0.2, 0.25) is 0 Å². The summed E-state index contributed by atoms with van der Waals surface area (Å²) >= 11 is 0. The average molecular weight is 677 g/mol. The maximum atomic E-state index is 13.7. The molecule has 0 radical (unpaired) electrons. The second-order valence-electron chi connectivity index (χ2n) is 12.2. The van der Waals surface area contributed by atoms with E-state index in [1.165, 1.54) is 17.2 Å². The molecule has 0 heterocycles. The second-order valence-corrected chi connectivity index (χ2v) is 13.8. The zero-order valence-corrected chi connectivity index (χ0v) is 27.4. The van der Waals surface area contributed by atoms with Gasteiger partial charge in [0.25, 0.3) is 0 Å². The molecule has 6 aromatic rings. The van der Waals surface area contributed by atoms with Crippen LogP contribution < -0.4 is 14.0 Å². The maximum Gasteiger partial charge on any atom is 0.534 e. The lowest BCUT2D eigenvalue weighted by Crippen LogP contribution is -2.28. The zero-order valence-electron chi connectivity index (χ0n) is 26.6. The molecule has 5 nitrogen and oxygen atoms in total. The molecule has 0 saturated heterocycles. The Kier molecular flexibility index (Phi) is 7.95. The summed E-state index contributed by atoms with van der Waals surface area (Å²) in [6, 6.07) is 46.6. The summed E-state index contributed by atoms with van der Waals surface area (Å²) in [6.45, 7) is 4.40. The van der Waals surface area contributed by atoms with Crippen LogP contribution >= 0.6 is 0 Å². The molecule has 0 saturated carbocycles. The van der Waals surface area contributed by atoms with E-state index >= 15 is 0 Å². The van der Waals surface area contributed by atoms with Gasteiger partial charge >= 0.3 is 15.6 Å². The normalized spacial score (nSPS) is 13.3. The van der Waals surface area contributed by atoms with Crippen LogP contribution in [-0.2, 0) is 15.5 Å². The van der Waals surface area contributed by atoms with Gasteiger partial charge in [0.1, 0.15) is 0 Å². The van der Waals surface area contributed by atoms with Crippen molar-refractivity contribution < 1.29 is 25.8 Å². The highest BCUT2D eigenvalue weighted by Crippen LogP contribution is 2.51. The van der Waals surface area contributed by atoms with Crippen molar-refractivity contribution in [2.45, 2.75) is 24.8 Å². The van der Waals surface area contributed by atoms with Crippen LogP contribution in [0, 0.1) is 0 Å². The molecule has 0 bridgehead atoms. The summed E-state index contributed by atoms with van der Waals surface area (Å²) in [4.78, 5) is 3.67. The Morgan fingerprint density at radius 1 is 0.531 bits per heavy atom. The van der Waals surface area contributed by atoms with Crippen molar-refractivity contribution in [3.8, 4) is 16.9 Å². The molecule has 1 aliphatic carbocycles. The van der Waals surface area contributed by atoms with E-state index in [1.54, 1.807) is 65.6 Å². The predicted octanol–water partition coefficient (Wildman–Crippen LogP) is 11.2. The Balaban J connectivity index is 1.47. The van der Waals surface area contributed by atoms with Crippen molar-refractivity contribution in [1.82, 2.24) is 0 Å². The van der Waals surface area contributed by atoms with Crippen molar-refractivity contribution >= 4 is 44.2 Å². The minimum atomic E-state index is -6.00. The summed E-state index contributed by atoms with van der Waals surface area (Å²) in [5, 5.41) is 0. The van der Waals surface area contributed by atoms with Crippen LogP contribution in [-0.4, -0.2) is 13.9 Å². The molecule has 7 rings (SSSR count). The van der Waals surface area contributed by atoms with Gasteiger partial charge in [0.05, 0.1) is 5.69 Å². The van der Waals surface area contributed by atoms with Gasteiger partial charge < -0.3 is 14.0 Å². The van der Waals surface area contributed by atoms with Crippen molar-refractivity contribution in [2.75, 3.05) is 9.80 Å². The molecular formula is C40H31F3N2O3S. The highest BCUT2D eigenvalue weighted by molar-refractivity contribution is 7.88. The molecule has 49 heavy (non-hydrogen) atoms. The highest BCUT2D eigenvalue weighted by atomic mass is 32.2. The molecule has 0 N–H and O–H groups in total. The first kappa shape index (κ1) is 32.0. The number of halogens is 3. The SMILES string of the molecule is CC1(C)c2ccccc2-c2cc(N(c3ccccc3)c3ccc(OS(=O)(=O)C(F)(F)F)c(N(c4ccccc4)c4ccccc4)c3)ccc21. The number of hydrogen-bond donors (Lipinski definition) is 0. The largest absolute Gasteiger partial charge is 0.534 e. The summed E-state index contributed by atoms with van der Waals surface area (Å²) in [6.07, 6.45) is 0. The molecule has 0 spiro atoms. The number of anilines is 6. The number of para-hydroxylation sites is 3. The van der Waals surface area contributed by atoms with Crippen molar-refractivity contribution in [3.05, 3.63) is 163 Å². The monoisotopic (exact) mass is 676 g/mol. The quantitative estimate of drug-likeness (QED) is 0.119. The number of hydrogen-bond acceptors (Lipinski definition) is 5. The average Bonchev–Trinajstić information content (AvgIpc) is 3.33. The molecule has 246 valence electrons. The van der Waals surface area contributed by atoms with Gasteiger partial charge in [-0.15, -0.1) is 0 Å². The molecule has 0 amide bonds. The van der Waals surface area contributed by atoms with Crippen LogP contribution in [0.2, 0.25) is 0 Å². The molecular weight excluding hydrogens is 646 g/mol. The van der Waals surface area contributed by atoms with E-state index in [0.717, 1.165) is 22.5 Å². The number of benzene rings is 6. The molecule has 0 aromatic heterocycles. The first-order chi connectivity index (χ1) is 23.5. The minimum absolute atomic E-state index is 0.0938. The summed E-state index contributed by atoms with van der Waals surface area (Å²) in [5.74, 6) is -0.480. The van der Waals surface area contributed by atoms with Gasteiger partial charge in [-0.3, -0.25) is 0 Å². The molecule has 0 fully saturated rings. The fourth-order valence-corrected chi connectivity index (χ4v) is 6.98. The van der Waals surface area contributed by atoms with Gasteiger partial charge in [-0.1, -0.05) is 98.8 Å². The van der Waals surface area contributed by atoms with Crippen LogP contribution in [0.4, 0.5) is 47.3 Å². The van der Waals surface area contributed by atoms with E-state index in [-0.39, 0.29) is 11.1 Å². The summed E-state index contributed by atoms with van der Waals surface area (Å²) < 4.78 is 70.8. The third-order valence-electron chi connectivity index (χ3n) is 8.79. The lowest BCUT2D eigenvalue weighted by atomic mass is 9.82. The van der Waals surface area contributed by atoms with Crippen LogP contribution in [0.25, 0.3) is 11.1 Å². The fourth-order valence-electron chi connectivity index (χ4n) is 6.51. The lowest BCUT2D eigenvalue weighted by Gasteiger charge is -2.31. The van der Waals surface area contributed by atoms with Crippen LogP contribution in [0.15, 0.2) is 152 Å². The molecule has 6 aromatic carbocycles. The summed E-state index contributed by atoms with van der Waals surface area (Å²) in [7, 11) is -6.00. The first-order valence-corrected chi connectivity index (χ1v) is 17.0. The van der Waals surface area contributed by atoms with E-state index in [4.69, 9.17) is 4.18 Å². The van der Waals surface area contributed by atoms with Gasteiger partial charge in [-0.2, -0.15) is 21.6 Å². The molecule has 9 heteroatoms. The molecule has 0 aliphatic heterocycles. The topological polar surface area (TPSA) is 49.9 Å². The lowest BCUT2D eigenvalue weighted by molar-refractivity contribution is -0.0499. The predicted molar refractivity (Wildman–Crippen MR) is 189 cm³/mol. The van der Waals surface area contributed by atoms with Gasteiger partial charge in [0.15, 0.2) is 5.75 Å². The number of nitrogens with zero attached hydrogens (tertiary/aromatic N) is 2.